The monoisotopic (exact) mass is 450 g/mol. The first-order chi connectivity index (χ1) is 15.5. The van der Waals surface area contributed by atoms with Gasteiger partial charge >= 0.3 is 0 Å². The van der Waals surface area contributed by atoms with E-state index in [2.05, 4.69) is 4.98 Å². The molecule has 1 amide bonds. The van der Waals surface area contributed by atoms with E-state index in [0.29, 0.717) is 19.4 Å². The molecule has 0 spiro atoms. The molecule has 1 aliphatic rings. The second-order valence-corrected chi connectivity index (χ2v) is 8.92. The number of hydrogen-bond donors (Lipinski definition) is 1. The molecule has 1 saturated heterocycles. The highest BCUT2D eigenvalue weighted by molar-refractivity contribution is 7.09. The van der Waals surface area contributed by atoms with Gasteiger partial charge in [-0.05, 0) is 23.6 Å². The Morgan fingerprint density at radius 3 is 2.44 bits per heavy atom. The number of hydrogen-bond acceptors (Lipinski definition) is 6. The van der Waals surface area contributed by atoms with Crippen molar-refractivity contribution in [1.29, 1.82) is 0 Å². The number of carbonyl (C=O) groups excluding carboxylic acids is 2. The number of ketones is 1. The van der Waals surface area contributed by atoms with E-state index in [1.54, 1.807) is 10.4 Å². The molecule has 1 aliphatic heterocycles. The van der Waals surface area contributed by atoms with Crippen LogP contribution in [0.4, 0.5) is 0 Å². The highest BCUT2D eigenvalue weighted by Gasteiger charge is 2.37. The number of morpholine rings is 1. The van der Waals surface area contributed by atoms with Crippen LogP contribution in [0.25, 0.3) is 0 Å². The summed E-state index contributed by atoms with van der Waals surface area (Å²) >= 11 is 1.50. The van der Waals surface area contributed by atoms with Crippen LogP contribution in [0.3, 0.4) is 0 Å². The van der Waals surface area contributed by atoms with Crippen LogP contribution in [-0.4, -0.2) is 45.9 Å². The van der Waals surface area contributed by atoms with Gasteiger partial charge in [0.05, 0.1) is 30.4 Å². The number of rotatable bonds is 8. The third-order valence-electron chi connectivity index (χ3n) is 5.76. The van der Waals surface area contributed by atoms with Crippen LogP contribution in [-0.2, 0) is 33.7 Å². The smallest absolute Gasteiger partial charge is 0.249 e. The largest absolute Gasteiger partial charge is 0.394 e. The first-order valence-electron chi connectivity index (χ1n) is 10.6. The van der Waals surface area contributed by atoms with Gasteiger partial charge in [-0.3, -0.25) is 9.59 Å². The molecule has 6 nitrogen and oxygen atoms in total. The fourth-order valence-electron chi connectivity index (χ4n) is 3.99. The Balaban J connectivity index is 1.44. The molecule has 3 aromatic rings. The molecule has 1 aromatic heterocycles. The maximum atomic E-state index is 12.5. The van der Waals surface area contributed by atoms with Gasteiger partial charge in [0.2, 0.25) is 5.91 Å². The van der Waals surface area contributed by atoms with Crippen LogP contribution in [0, 0.1) is 6.92 Å². The van der Waals surface area contributed by atoms with Crippen molar-refractivity contribution in [3.05, 3.63) is 87.4 Å². The van der Waals surface area contributed by atoms with Crippen LogP contribution >= 0.6 is 11.3 Å². The Labute approximate surface area is 191 Å². The Morgan fingerprint density at radius 1 is 1.12 bits per heavy atom. The fraction of sp³-hybridized carbons (Fsp3) is 0.320. The standard InChI is InChI=1S/C25H26N2O4S/c1-17-23(32-16-26-17)13-27-22(14-28)25(31-15-24(27)30)20-9-7-19(8-10-20)12-21(29)11-18-5-3-2-4-6-18/h2-10,16,22,25,28H,11-15H2,1H3/t22-,25-/m1/s1. The van der Waals surface area contributed by atoms with Gasteiger partial charge in [-0.25, -0.2) is 4.98 Å². The molecule has 166 valence electrons. The van der Waals surface area contributed by atoms with Crippen molar-refractivity contribution in [2.75, 3.05) is 13.2 Å². The van der Waals surface area contributed by atoms with Gasteiger partial charge in [0.1, 0.15) is 18.5 Å². The zero-order valence-electron chi connectivity index (χ0n) is 17.9. The lowest BCUT2D eigenvalue weighted by atomic mass is 9.96. The molecule has 0 saturated carbocycles. The van der Waals surface area contributed by atoms with Gasteiger partial charge < -0.3 is 14.7 Å². The minimum Gasteiger partial charge on any atom is -0.394 e. The normalized spacial score (nSPS) is 18.7. The topological polar surface area (TPSA) is 79.7 Å². The number of ether oxygens (including phenoxy) is 1. The first-order valence-corrected chi connectivity index (χ1v) is 11.5. The lowest BCUT2D eigenvalue weighted by molar-refractivity contribution is -0.161. The van der Waals surface area contributed by atoms with Crippen molar-refractivity contribution in [2.45, 2.75) is 38.5 Å². The van der Waals surface area contributed by atoms with Crippen LogP contribution in [0.5, 0.6) is 0 Å². The van der Waals surface area contributed by atoms with Gasteiger partial charge in [0.15, 0.2) is 0 Å². The van der Waals surface area contributed by atoms with Crippen LogP contribution in [0.2, 0.25) is 0 Å². The molecule has 0 bridgehead atoms. The summed E-state index contributed by atoms with van der Waals surface area (Å²) in [6.45, 7) is 2.09. The van der Waals surface area contributed by atoms with Gasteiger partial charge in [-0.15, -0.1) is 11.3 Å². The quantitative estimate of drug-likeness (QED) is 0.570. The number of Topliss-reactive ketones (excluding diaryl/α,β-unsaturated/α-hetero) is 1. The number of carbonyl (C=O) groups is 2. The molecule has 1 N–H and O–H groups in total. The van der Waals surface area contributed by atoms with Crippen molar-refractivity contribution >= 4 is 23.0 Å². The van der Waals surface area contributed by atoms with Crippen LogP contribution in [0.15, 0.2) is 60.1 Å². The number of nitrogens with zero attached hydrogens (tertiary/aromatic N) is 2. The molecule has 7 heteroatoms. The van der Waals surface area contributed by atoms with E-state index in [9.17, 15) is 14.7 Å². The molecule has 0 aliphatic carbocycles. The van der Waals surface area contributed by atoms with Gasteiger partial charge in [-0.1, -0.05) is 54.6 Å². The molecule has 4 rings (SSSR count). The molecule has 32 heavy (non-hydrogen) atoms. The lowest BCUT2D eigenvalue weighted by Gasteiger charge is -2.40. The van der Waals surface area contributed by atoms with E-state index in [0.717, 1.165) is 27.3 Å². The van der Waals surface area contributed by atoms with Crippen molar-refractivity contribution in [3.8, 4) is 0 Å². The molecular formula is C25H26N2O4S. The second kappa shape index (κ2) is 10.2. The van der Waals surface area contributed by atoms with E-state index >= 15 is 0 Å². The molecule has 2 aromatic carbocycles. The van der Waals surface area contributed by atoms with E-state index < -0.39 is 12.1 Å². The van der Waals surface area contributed by atoms with Crippen molar-refractivity contribution < 1.29 is 19.4 Å². The van der Waals surface area contributed by atoms with Crippen LogP contribution < -0.4 is 0 Å². The van der Waals surface area contributed by atoms with Gasteiger partial charge in [0.25, 0.3) is 0 Å². The van der Waals surface area contributed by atoms with Gasteiger partial charge in [-0.2, -0.15) is 0 Å². The first kappa shape index (κ1) is 22.3. The summed E-state index contributed by atoms with van der Waals surface area (Å²) in [6, 6.07) is 16.9. The molecule has 0 unspecified atom stereocenters. The Hall–Kier alpha value is -2.87. The highest BCUT2D eigenvalue weighted by Crippen LogP contribution is 2.31. The second-order valence-electron chi connectivity index (χ2n) is 7.98. The zero-order chi connectivity index (χ0) is 22.5. The van der Waals surface area contributed by atoms with E-state index in [1.165, 1.54) is 11.3 Å². The summed E-state index contributed by atoms with van der Waals surface area (Å²) in [6.07, 6.45) is 0.342. The lowest BCUT2D eigenvalue weighted by Crippen LogP contribution is -2.52. The predicted octanol–water partition coefficient (Wildman–Crippen LogP) is 3.27. The number of aryl methyl sites for hydroxylation is 1. The summed E-state index contributed by atoms with van der Waals surface area (Å²) in [5.74, 6) is 0.0130. The summed E-state index contributed by atoms with van der Waals surface area (Å²) in [4.78, 5) is 31.9. The maximum absolute atomic E-state index is 12.5. The summed E-state index contributed by atoms with van der Waals surface area (Å²) in [5, 5.41) is 10.1. The molecule has 2 atom stereocenters. The average molecular weight is 451 g/mol. The third kappa shape index (κ3) is 5.12. The Bertz CT molecular complexity index is 1070. The fourth-order valence-corrected chi connectivity index (χ4v) is 4.77. The van der Waals surface area contributed by atoms with Crippen molar-refractivity contribution in [1.82, 2.24) is 9.88 Å². The van der Waals surface area contributed by atoms with E-state index in [4.69, 9.17) is 4.74 Å². The van der Waals surface area contributed by atoms with Crippen molar-refractivity contribution in [2.24, 2.45) is 0 Å². The average Bonchev–Trinajstić information content (AvgIpc) is 3.20. The summed E-state index contributed by atoms with van der Waals surface area (Å²) < 4.78 is 5.83. The predicted molar refractivity (Wildman–Crippen MR) is 122 cm³/mol. The number of benzene rings is 2. The Morgan fingerprint density at radius 2 is 1.81 bits per heavy atom. The third-order valence-corrected chi connectivity index (χ3v) is 6.68. The van der Waals surface area contributed by atoms with Gasteiger partial charge in [0, 0.05) is 17.7 Å². The number of aromatic nitrogens is 1. The maximum Gasteiger partial charge on any atom is 0.249 e. The summed E-state index contributed by atoms with van der Waals surface area (Å²) in [7, 11) is 0. The highest BCUT2D eigenvalue weighted by atomic mass is 32.1. The molecule has 0 radical (unpaired) electrons. The number of aliphatic hydroxyl groups excluding tert-OH is 1. The molecular weight excluding hydrogens is 424 g/mol. The molecule has 2 heterocycles. The van der Waals surface area contributed by atoms with Crippen LogP contribution in [0.1, 0.15) is 33.4 Å². The number of aliphatic hydroxyl groups is 1. The minimum absolute atomic E-state index is 0.0314. The summed E-state index contributed by atoms with van der Waals surface area (Å²) in [5.41, 5.74) is 5.48. The van der Waals surface area contributed by atoms with Crippen molar-refractivity contribution in [3.63, 3.8) is 0 Å². The van der Waals surface area contributed by atoms with E-state index in [1.807, 2.05) is 61.5 Å². The number of thiazole rings is 1. The zero-order valence-corrected chi connectivity index (χ0v) is 18.8. The Kier molecular flexibility index (Phi) is 7.09. The van der Waals surface area contributed by atoms with E-state index in [-0.39, 0.29) is 24.9 Å². The minimum atomic E-state index is -0.483. The molecule has 1 fully saturated rings. The SMILES string of the molecule is Cc1ncsc1CN1C(=O)CO[C@H](c2ccc(CC(=O)Cc3ccccc3)cc2)[C@H]1CO. The number of amides is 1.